The fourth-order valence-electron chi connectivity index (χ4n) is 2.66. The predicted molar refractivity (Wildman–Crippen MR) is 82.3 cm³/mol. The molecule has 0 aromatic carbocycles. The van der Waals surface area contributed by atoms with Gasteiger partial charge in [-0.05, 0) is 49.9 Å². The average molecular weight is 294 g/mol. The van der Waals surface area contributed by atoms with Crippen LogP contribution in [0.25, 0.3) is 9.40 Å². The summed E-state index contributed by atoms with van der Waals surface area (Å²) >= 11 is 3.33. The molecule has 1 aliphatic rings. The number of carbonyl (C=O) groups excluding carboxylic acids is 1. The van der Waals surface area contributed by atoms with Crippen LogP contribution in [0.1, 0.15) is 22.5 Å². The number of hydrogen-bond donors (Lipinski definition) is 1. The molecule has 0 radical (unpaired) electrons. The van der Waals surface area contributed by atoms with Gasteiger partial charge in [0.05, 0.1) is 4.88 Å². The molecule has 0 spiro atoms. The van der Waals surface area contributed by atoms with E-state index in [1.165, 1.54) is 9.40 Å². The Balaban J connectivity index is 1.66. The second kappa shape index (κ2) is 5.61. The van der Waals surface area contributed by atoms with Crippen molar-refractivity contribution in [1.29, 1.82) is 0 Å². The van der Waals surface area contributed by atoms with E-state index in [2.05, 4.69) is 16.8 Å². The second-order valence-electron chi connectivity index (χ2n) is 5.05. The van der Waals surface area contributed by atoms with Crippen molar-refractivity contribution in [3.63, 3.8) is 0 Å². The van der Waals surface area contributed by atoms with Crippen molar-refractivity contribution in [3.05, 3.63) is 22.4 Å². The molecule has 0 unspecified atom stereocenters. The highest BCUT2D eigenvalue weighted by atomic mass is 32.1. The summed E-state index contributed by atoms with van der Waals surface area (Å²) < 4.78 is 2.47. The second-order valence-corrected chi connectivity index (χ2v) is 7.08. The Hall–Kier alpha value is -0.910. The first kappa shape index (κ1) is 13.1. The highest BCUT2D eigenvalue weighted by Crippen LogP contribution is 2.31. The molecule has 3 nitrogen and oxygen atoms in total. The smallest absolute Gasteiger partial charge is 0.263 e. The zero-order valence-electron chi connectivity index (χ0n) is 11.0. The van der Waals surface area contributed by atoms with Gasteiger partial charge < -0.3 is 10.2 Å². The van der Waals surface area contributed by atoms with Crippen molar-refractivity contribution in [3.8, 4) is 0 Å². The summed E-state index contributed by atoms with van der Waals surface area (Å²) in [6, 6.07) is 4.15. The van der Waals surface area contributed by atoms with Gasteiger partial charge in [-0.3, -0.25) is 4.79 Å². The SMILES string of the molecule is CNCC1CCN(C(=O)c2cc3sccc3s2)CC1. The number of carbonyl (C=O) groups is 1. The Morgan fingerprint density at radius 1 is 1.42 bits per heavy atom. The molecule has 0 atom stereocenters. The molecule has 1 N–H and O–H groups in total. The molecule has 5 heteroatoms. The Morgan fingerprint density at radius 2 is 2.21 bits per heavy atom. The number of piperidine rings is 1. The van der Waals surface area contributed by atoms with Crippen molar-refractivity contribution in [2.45, 2.75) is 12.8 Å². The van der Waals surface area contributed by atoms with E-state index in [-0.39, 0.29) is 5.91 Å². The summed E-state index contributed by atoms with van der Waals surface area (Å²) in [6.07, 6.45) is 2.23. The zero-order valence-corrected chi connectivity index (χ0v) is 12.6. The lowest BCUT2D eigenvalue weighted by Crippen LogP contribution is -2.40. The van der Waals surface area contributed by atoms with Crippen LogP contribution in [0.2, 0.25) is 0 Å². The van der Waals surface area contributed by atoms with E-state index in [0.29, 0.717) is 0 Å². The lowest BCUT2D eigenvalue weighted by Gasteiger charge is -2.31. The van der Waals surface area contributed by atoms with E-state index < -0.39 is 0 Å². The Morgan fingerprint density at radius 3 is 2.89 bits per heavy atom. The molecule has 2 aromatic rings. The van der Waals surface area contributed by atoms with Gasteiger partial charge in [-0.25, -0.2) is 0 Å². The van der Waals surface area contributed by atoms with Crippen LogP contribution in [0.5, 0.6) is 0 Å². The third-order valence-corrected chi connectivity index (χ3v) is 5.83. The van der Waals surface area contributed by atoms with Gasteiger partial charge in [0.1, 0.15) is 0 Å². The van der Waals surface area contributed by atoms with E-state index in [1.807, 2.05) is 18.0 Å². The van der Waals surface area contributed by atoms with Gasteiger partial charge >= 0.3 is 0 Å². The molecular weight excluding hydrogens is 276 g/mol. The van der Waals surface area contributed by atoms with Crippen LogP contribution in [-0.2, 0) is 0 Å². The molecule has 1 fully saturated rings. The van der Waals surface area contributed by atoms with Crippen molar-refractivity contribution >= 4 is 38.0 Å². The van der Waals surface area contributed by atoms with Gasteiger partial charge in [-0.1, -0.05) is 0 Å². The molecule has 1 saturated heterocycles. The first-order valence-electron chi connectivity index (χ1n) is 6.69. The molecule has 19 heavy (non-hydrogen) atoms. The van der Waals surface area contributed by atoms with Crippen LogP contribution in [0, 0.1) is 5.92 Å². The minimum absolute atomic E-state index is 0.219. The largest absolute Gasteiger partial charge is 0.338 e. The van der Waals surface area contributed by atoms with Crippen LogP contribution < -0.4 is 5.32 Å². The maximum Gasteiger partial charge on any atom is 0.263 e. The number of nitrogens with one attached hydrogen (secondary N) is 1. The first-order chi connectivity index (χ1) is 9.28. The van der Waals surface area contributed by atoms with Gasteiger partial charge in [-0.2, -0.15) is 0 Å². The highest BCUT2D eigenvalue weighted by Gasteiger charge is 2.24. The van der Waals surface area contributed by atoms with Crippen LogP contribution in [0.3, 0.4) is 0 Å². The number of amides is 1. The lowest BCUT2D eigenvalue weighted by molar-refractivity contribution is 0.0696. The number of likely N-dealkylation sites (tertiary alicyclic amines) is 1. The number of fused-ring (bicyclic) bond motifs is 1. The molecule has 2 aromatic heterocycles. The van der Waals surface area contributed by atoms with Gasteiger partial charge in [0, 0.05) is 22.5 Å². The number of rotatable bonds is 3. The van der Waals surface area contributed by atoms with E-state index in [0.717, 1.165) is 43.3 Å². The Kier molecular flexibility index (Phi) is 3.86. The summed E-state index contributed by atoms with van der Waals surface area (Å²) in [5.74, 6) is 0.942. The number of thiophene rings is 2. The monoisotopic (exact) mass is 294 g/mol. The van der Waals surface area contributed by atoms with Gasteiger partial charge in [0.2, 0.25) is 0 Å². The van der Waals surface area contributed by atoms with E-state index in [4.69, 9.17) is 0 Å². The Bertz CT molecular complexity index is 538. The zero-order chi connectivity index (χ0) is 13.2. The molecule has 102 valence electrons. The van der Waals surface area contributed by atoms with Crippen LogP contribution >= 0.6 is 22.7 Å². The molecule has 0 bridgehead atoms. The van der Waals surface area contributed by atoms with Gasteiger partial charge in [0.15, 0.2) is 0 Å². The van der Waals surface area contributed by atoms with Crippen LogP contribution in [-0.4, -0.2) is 37.5 Å². The van der Waals surface area contributed by atoms with Crippen LogP contribution in [0.4, 0.5) is 0 Å². The van der Waals surface area contributed by atoms with E-state index in [1.54, 1.807) is 22.7 Å². The Labute approximate surface area is 121 Å². The molecular formula is C14H18N2OS2. The standard InChI is InChI=1S/C14H18N2OS2/c1-15-9-10-2-5-16(6-3-10)14(17)13-8-12-11(19-13)4-7-18-12/h4,7-8,10,15H,2-3,5-6,9H2,1H3. The fraction of sp³-hybridized carbons (Fsp3) is 0.500. The molecule has 3 heterocycles. The average Bonchev–Trinajstić information content (AvgIpc) is 3.00. The van der Waals surface area contributed by atoms with Gasteiger partial charge in [0.25, 0.3) is 5.91 Å². The van der Waals surface area contributed by atoms with E-state index >= 15 is 0 Å². The summed E-state index contributed by atoms with van der Waals surface area (Å²) in [4.78, 5) is 15.4. The van der Waals surface area contributed by atoms with Crippen LogP contribution in [0.15, 0.2) is 17.5 Å². The summed E-state index contributed by atoms with van der Waals surface area (Å²) in [6.45, 7) is 2.87. The minimum Gasteiger partial charge on any atom is -0.338 e. The molecule has 3 rings (SSSR count). The molecule has 0 aliphatic carbocycles. The fourth-order valence-corrected chi connectivity index (χ4v) is 4.73. The summed E-state index contributed by atoms with van der Waals surface area (Å²) in [5, 5.41) is 5.31. The first-order valence-corrected chi connectivity index (χ1v) is 8.38. The number of hydrogen-bond acceptors (Lipinski definition) is 4. The van der Waals surface area contributed by atoms with E-state index in [9.17, 15) is 4.79 Å². The van der Waals surface area contributed by atoms with Crippen molar-refractivity contribution in [1.82, 2.24) is 10.2 Å². The quantitative estimate of drug-likeness (QED) is 0.943. The molecule has 1 amide bonds. The third-order valence-electron chi connectivity index (χ3n) is 3.74. The highest BCUT2D eigenvalue weighted by molar-refractivity contribution is 7.27. The predicted octanol–water partition coefficient (Wildman–Crippen LogP) is 3.03. The molecule has 1 aliphatic heterocycles. The van der Waals surface area contributed by atoms with Gasteiger partial charge in [-0.15, -0.1) is 22.7 Å². The summed E-state index contributed by atoms with van der Waals surface area (Å²) in [7, 11) is 2.00. The lowest BCUT2D eigenvalue weighted by atomic mass is 9.97. The van der Waals surface area contributed by atoms with Crippen molar-refractivity contribution < 1.29 is 4.79 Å². The number of nitrogens with zero attached hydrogens (tertiary/aromatic N) is 1. The maximum absolute atomic E-state index is 12.5. The maximum atomic E-state index is 12.5. The van der Waals surface area contributed by atoms with Crippen molar-refractivity contribution in [2.24, 2.45) is 5.92 Å². The summed E-state index contributed by atoms with van der Waals surface area (Å²) in [5.41, 5.74) is 0. The normalized spacial score (nSPS) is 17.2. The molecule has 0 saturated carbocycles. The third kappa shape index (κ3) is 2.68. The van der Waals surface area contributed by atoms with Crippen molar-refractivity contribution in [2.75, 3.05) is 26.7 Å². The minimum atomic E-state index is 0.219. The topological polar surface area (TPSA) is 32.3 Å².